The molecule has 1 rings (SSSR count). The van der Waals surface area contributed by atoms with Crippen LogP contribution in [0.15, 0.2) is 22.7 Å². The van der Waals surface area contributed by atoms with Gasteiger partial charge in [-0.2, -0.15) is 13.2 Å². The first-order chi connectivity index (χ1) is 8.33. The Balaban J connectivity index is 2.67. The van der Waals surface area contributed by atoms with Crippen molar-refractivity contribution in [2.75, 3.05) is 13.7 Å². The normalized spacial score (nSPS) is 11.2. The van der Waals surface area contributed by atoms with Crippen molar-refractivity contribution in [1.82, 2.24) is 5.48 Å². The Labute approximate surface area is 109 Å². The topological polar surface area (TPSA) is 47.6 Å². The Bertz CT molecular complexity index is 437. The second-order valence-corrected chi connectivity index (χ2v) is 4.10. The first-order valence-electron chi connectivity index (χ1n) is 4.66. The highest BCUT2D eigenvalue weighted by atomic mass is 79.9. The van der Waals surface area contributed by atoms with Gasteiger partial charge >= 0.3 is 6.18 Å². The lowest BCUT2D eigenvalue weighted by atomic mass is 10.2. The second kappa shape index (κ2) is 6.05. The number of benzene rings is 1. The molecular weight excluding hydrogens is 319 g/mol. The summed E-state index contributed by atoms with van der Waals surface area (Å²) >= 11 is 3.17. The summed E-state index contributed by atoms with van der Waals surface area (Å²) in [5.41, 5.74) is 1.77. The van der Waals surface area contributed by atoms with Gasteiger partial charge in [0.15, 0.2) is 6.61 Å². The molecule has 0 saturated carbocycles. The number of ether oxygens (including phenoxy) is 1. The van der Waals surface area contributed by atoms with E-state index in [4.69, 9.17) is 4.74 Å². The van der Waals surface area contributed by atoms with Gasteiger partial charge in [0.25, 0.3) is 5.91 Å². The number of rotatable bonds is 4. The van der Waals surface area contributed by atoms with Crippen LogP contribution in [0.2, 0.25) is 0 Å². The molecule has 0 aliphatic rings. The zero-order valence-corrected chi connectivity index (χ0v) is 10.8. The van der Waals surface area contributed by atoms with E-state index in [1.54, 1.807) is 11.5 Å². The van der Waals surface area contributed by atoms with Gasteiger partial charge < -0.3 is 4.74 Å². The summed E-state index contributed by atoms with van der Waals surface area (Å²) in [6.07, 6.45) is -4.50. The Hall–Kier alpha value is -1.28. The summed E-state index contributed by atoms with van der Waals surface area (Å²) in [6, 6.07) is 4.47. The van der Waals surface area contributed by atoms with Gasteiger partial charge in [0.2, 0.25) is 0 Å². The molecule has 1 aromatic rings. The number of amides is 1. The maximum atomic E-state index is 11.8. The van der Waals surface area contributed by atoms with Gasteiger partial charge in [-0.3, -0.25) is 9.63 Å². The molecule has 4 nitrogen and oxygen atoms in total. The van der Waals surface area contributed by atoms with Gasteiger partial charge in [-0.1, -0.05) is 15.9 Å². The van der Waals surface area contributed by atoms with Crippen molar-refractivity contribution < 1.29 is 27.5 Å². The number of nitrogens with one attached hydrogen (secondary N) is 1. The fourth-order valence-electron chi connectivity index (χ4n) is 1.09. The van der Waals surface area contributed by atoms with E-state index < -0.39 is 18.7 Å². The maximum absolute atomic E-state index is 11.8. The third kappa shape index (κ3) is 4.53. The first kappa shape index (κ1) is 14.8. The number of hydrogen-bond acceptors (Lipinski definition) is 3. The molecule has 0 fully saturated rings. The Morgan fingerprint density at radius 2 is 2.11 bits per heavy atom. The fourth-order valence-corrected chi connectivity index (χ4v) is 1.43. The number of carbonyl (C=O) groups is 1. The average Bonchev–Trinajstić information content (AvgIpc) is 2.26. The zero-order valence-electron chi connectivity index (χ0n) is 9.18. The van der Waals surface area contributed by atoms with Crippen molar-refractivity contribution in [3.05, 3.63) is 28.2 Å². The molecule has 0 aromatic heterocycles. The van der Waals surface area contributed by atoms with Crippen LogP contribution < -0.4 is 10.2 Å². The number of hydrogen-bond donors (Lipinski definition) is 1. The van der Waals surface area contributed by atoms with E-state index in [2.05, 4.69) is 20.8 Å². The average molecular weight is 328 g/mol. The molecule has 1 aromatic carbocycles. The predicted molar refractivity (Wildman–Crippen MR) is 60.2 cm³/mol. The summed E-state index contributed by atoms with van der Waals surface area (Å²) in [5, 5.41) is 0. The quantitative estimate of drug-likeness (QED) is 0.865. The summed E-state index contributed by atoms with van der Waals surface area (Å²) in [5.74, 6) is -0.596. The molecule has 0 saturated heterocycles. The van der Waals surface area contributed by atoms with Crippen LogP contribution >= 0.6 is 15.9 Å². The van der Waals surface area contributed by atoms with Crippen LogP contribution in [-0.4, -0.2) is 25.8 Å². The number of halogens is 4. The van der Waals surface area contributed by atoms with Crippen molar-refractivity contribution in [2.24, 2.45) is 0 Å². The lowest BCUT2D eigenvalue weighted by Gasteiger charge is -2.10. The third-order valence-electron chi connectivity index (χ3n) is 1.81. The van der Waals surface area contributed by atoms with E-state index in [-0.39, 0.29) is 11.3 Å². The predicted octanol–water partition coefficient (Wildman–Crippen LogP) is 2.68. The van der Waals surface area contributed by atoms with Crippen LogP contribution in [0.5, 0.6) is 5.75 Å². The molecule has 1 amide bonds. The number of methoxy groups -OCH3 is 1. The van der Waals surface area contributed by atoms with Gasteiger partial charge in [0.05, 0.1) is 12.7 Å². The van der Waals surface area contributed by atoms with E-state index in [1.807, 2.05) is 0 Å². The maximum Gasteiger partial charge on any atom is 0.414 e. The summed E-state index contributed by atoms with van der Waals surface area (Å²) in [7, 11) is 1.34. The number of alkyl halides is 3. The molecule has 100 valence electrons. The van der Waals surface area contributed by atoms with Crippen LogP contribution in [-0.2, 0) is 4.84 Å². The van der Waals surface area contributed by atoms with Gasteiger partial charge in [-0.15, -0.1) is 0 Å². The van der Waals surface area contributed by atoms with Crippen molar-refractivity contribution in [2.45, 2.75) is 6.18 Å². The molecule has 18 heavy (non-hydrogen) atoms. The van der Waals surface area contributed by atoms with Gasteiger partial charge in [0.1, 0.15) is 5.75 Å². The summed E-state index contributed by atoms with van der Waals surface area (Å²) < 4.78 is 41.0. The fraction of sp³-hybridized carbons (Fsp3) is 0.300. The Morgan fingerprint density at radius 1 is 1.44 bits per heavy atom. The second-order valence-electron chi connectivity index (χ2n) is 3.18. The van der Waals surface area contributed by atoms with Gasteiger partial charge in [0, 0.05) is 4.47 Å². The van der Waals surface area contributed by atoms with E-state index >= 15 is 0 Å². The van der Waals surface area contributed by atoms with E-state index in [0.29, 0.717) is 4.47 Å². The molecule has 0 unspecified atom stereocenters. The SMILES string of the molecule is COc1cc(Br)ccc1C(=O)NOCC(F)(F)F. The molecule has 0 aliphatic carbocycles. The summed E-state index contributed by atoms with van der Waals surface area (Å²) in [4.78, 5) is 15.6. The molecule has 0 spiro atoms. The van der Waals surface area contributed by atoms with E-state index in [0.717, 1.165) is 0 Å². The largest absolute Gasteiger partial charge is 0.496 e. The molecule has 1 N–H and O–H groups in total. The molecule has 8 heteroatoms. The smallest absolute Gasteiger partial charge is 0.414 e. The Kier molecular flexibility index (Phi) is 4.97. The van der Waals surface area contributed by atoms with E-state index in [9.17, 15) is 18.0 Å². The van der Waals surface area contributed by atoms with Crippen molar-refractivity contribution in [3.63, 3.8) is 0 Å². The van der Waals surface area contributed by atoms with E-state index in [1.165, 1.54) is 19.2 Å². The zero-order chi connectivity index (χ0) is 13.8. The molecule has 0 heterocycles. The van der Waals surface area contributed by atoms with Crippen LogP contribution in [0.3, 0.4) is 0 Å². The van der Waals surface area contributed by atoms with Crippen molar-refractivity contribution >= 4 is 21.8 Å². The monoisotopic (exact) mass is 327 g/mol. The minimum Gasteiger partial charge on any atom is -0.496 e. The molecular formula is C10H9BrF3NO3. The summed E-state index contributed by atoms with van der Waals surface area (Å²) in [6.45, 7) is -1.56. The minimum absolute atomic E-state index is 0.0721. The van der Waals surface area contributed by atoms with Crippen LogP contribution in [0.25, 0.3) is 0 Å². The minimum atomic E-state index is -4.50. The molecule has 0 radical (unpaired) electrons. The van der Waals surface area contributed by atoms with Crippen LogP contribution in [0.4, 0.5) is 13.2 Å². The standard InChI is InChI=1S/C10H9BrF3NO3/c1-17-8-4-6(11)2-3-7(8)9(16)15-18-5-10(12,13)14/h2-4H,5H2,1H3,(H,15,16). The molecule has 0 aliphatic heterocycles. The van der Waals surface area contributed by atoms with Crippen molar-refractivity contribution in [3.8, 4) is 5.75 Å². The van der Waals surface area contributed by atoms with Gasteiger partial charge in [-0.05, 0) is 18.2 Å². The number of hydroxylamine groups is 1. The lowest BCUT2D eigenvalue weighted by Crippen LogP contribution is -2.29. The lowest BCUT2D eigenvalue weighted by molar-refractivity contribution is -0.184. The molecule has 0 atom stereocenters. The van der Waals surface area contributed by atoms with Crippen LogP contribution in [0, 0.1) is 0 Å². The highest BCUT2D eigenvalue weighted by Gasteiger charge is 2.28. The van der Waals surface area contributed by atoms with Crippen LogP contribution in [0.1, 0.15) is 10.4 Å². The number of carbonyl (C=O) groups excluding carboxylic acids is 1. The Morgan fingerprint density at radius 3 is 2.67 bits per heavy atom. The highest BCUT2D eigenvalue weighted by molar-refractivity contribution is 9.10. The van der Waals surface area contributed by atoms with Gasteiger partial charge in [-0.25, -0.2) is 5.48 Å². The molecule has 0 bridgehead atoms. The third-order valence-corrected chi connectivity index (χ3v) is 2.30. The highest BCUT2D eigenvalue weighted by Crippen LogP contribution is 2.23. The first-order valence-corrected chi connectivity index (χ1v) is 5.45. The van der Waals surface area contributed by atoms with Crippen molar-refractivity contribution in [1.29, 1.82) is 0 Å².